The van der Waals surface area contributed by atoms with Crippen molar-refractivity contribution < 1.29 is 0 Å². The van der Waals surface area contributed by atoms with Gasteiger partial charge < -0.3 is 4.90 Å². The zero-order chi connectivity index (χ0) is 16.9. The Morgan fingerprint density at radius 1 is 0.880 bits per heavy atom. The second kappa shape index (κ2) is 7.40. The monoisotopic (exact) mass is 335 g/mol. The van der Waals surface area contributed by atoms with Gasteiger partial charge >= 0.3 is 0 Å². The molecule has 3 aromatic heterocycles. The van der Waals surface area contributed by atoms with Crippen molar-refractivity contribution >= 4 is 5.82 Å². The standard InChI is InChI=1S/C18H21N7/c1-2-6-19-16(4-1)5-9-23-10-12-24(13-11-23)17-14-18(21-15-20-17)25-8-3-7-22-25/h1-4,6-8,14-15H,5,9-13H2. The third-order valence-corrected chi connectivity index (χ3v) is 4.48. The van der Waals surface area contributed by atoms with E-state index < -0.39 is 0 Å². The van der Waals surface area contributed by atoms with E-state index in [1.54, 1.807) is 17.2 Å². The molecular formula is C18H21N7. The molecule has 0 bridgehead atoms. The van der Waals surface area contributed by atoms with Crippen LogP contribution in [-0.4, -0.2) is 62.4 Å². The quantitative estimate of drug-likeness (QED) is 0.703. The summed E-state index contributed by atoms with van der Waals surface area (Å²) in [6.07, 6.45) is 8.11. The highest BCUT2D eigenvalue weighted by atomic mass is 15.3. The Morgan fingerprint density at radius 2 is 1.76 bits per heavy atom. The molecule has 1 saturated heterocycles. The molecule has 4 rings (SSSR count). The molecule has 0 radical (unpaired) electrons. The molecule has 3 aromatic rings. The first-order valence-corrected chi connectivity index (χ1v) is 8.58. The van der Waals surface area contributed by atoms with Crippen LogP contribution in [-0.2, 0) is 6.42 Å². The van der Waals surface area contributed by atoms with Gasteiger partial charge in [0.25, 0.3) is 0 Å². The van der Waals surface area contributed by atoms with Crippen LogP contribution in [0.3, 0.4) is 0 Å². The number of hydrogen-bond acceptors (Lipinski definition) is 6. The SMILES string of the molecule is c1ccc(CCN2CCN(c3cc(-n4cccn4)ncn3)CC2)nc1. The lowest BCUT2D eigenvalue weighted by Crippen LogP contribution is -2.47. The number of hydrogen-bond donors (Lipinski definition) is 0. The lowest BCUT2D eigenvalue weighted by molar-refractivity contribution is 0.259. The Hall–Kier alpha value is -2.80. The van der Waals surface area contributed by atoms with E-state index >= 15 is 0 Å². The Balaban J connectivity index is 1.33. The van der Waals surface area contributed by atoms with Crippen LogP contribution in [0.4, 0.5) is 5.82 Å². The molecule has 1 aliphatic heterocycles. The topological polar surface area (TPSA) is 63.0 Å². The maximum Gasteiger partial charge on any atom is 0.158 e. The van der Waals surface area contributed by atoms with Gasteiger partial charge in [-0.1, -0.05) is 6.07 Å². The van der Waals surface area contributed by atoms with Gasteiger partial charge in [0.1, 0.15) is 12.1 Å². The first kappa shape index (κ1) is 15.7. The molecule has 0 saturated carbocycles. The van der Waals surface area contributed by atoms with Crippen LogP contribution in [0.5, 0.6) is 0 Å². The summed E-state index contributed by atoms with van der Waals surface area (Å²) in [5.74, 6) is 1.76. The second-order valence-electron chi connectivity index (χ2n) is 6.08. The third-order valence-electron chi connectivity index (χ3n) is 4.48. The molecule has 0 amide bonds. The molecule has 1 aliphatic rings. The fourth-order valence-electron chi connectivity index (χ4n) is 3.06. The van der Waals surface area contributed by atoms with E-state index in [0.29, 0.717) is 0 Å². The van der Waals surface area contributed by atoms with Crippen molar-refractivity contribution in [3.8, 4) is 5.82 Å². The minimum Gasteiger partial charge on any atom is -0.354 e. The highest BCUT2D eigenvalue weighted by molar-refractivity contribution is 5.43. The number of aromatic nitrogens is 5. The van der Waals surface area contributed by atoms with E-state index in [1.165, 1.54) is 0 Å². The Labute approximate surface area is 147 Å². The molecule has 4 heterocycles. The molecule has 128 valence electrons. The predicted molar refractivity (Wildman–Crippen MR) is 95.7 cm³/mol. The summed E-state index contributed by atoms with van der Waals surface area (Å²) in [5.41, 5.74) is 1.16. The Kier molecular flexibility index (Phi) is 4.65. The van der Waals surface area contributed by atoms with Crippen LogP contribution < -0.4 is 4.90 Å². The van der Waals surface area contributed by atoms with Gasteiger partial charge in [0.15, 0.2) is 5.82 Å². The minimum atomic E-state index is 0.799. The summed E-state index contributed by atoms with van der Waals surface area (Å²) in [6, 6.07) is 9.99. The summed E-state index contributed by atoms with van der Waals surface area (Å²) < 4.78 is 1.76. The van der Waals surface area contributed by atoms with E-state index in [0.717, 1.165) is 56.5 Å². The van der Waals surface area contributed by atoms with E-state index in [2.05, 4.69) is 35.9 Å². The third kappa shape index (κ3) is 3.83. The van der Waals surface area contributed by atoms with Crippen LogP contribution in [0.25, 0.3) is 5.82 Å². The minimum absolute atomic E-state index is 0.799. The van der Waals surface area contributed by atoms with Gasteiger partial charge in [-0.05, 0) is 18.2 Å². The second-order valence-corrected chi connectivity index (χ2v) is 6.08. The van der Waals surface area contributed by atoms with Crippen LogP contribution in [0.15, 0.2) is 55.2 Å². The number of anilines is 1. The smallest absolute Gasteiger partial charge is 0.158 e. The van der Waals surface area contributed by atoms with E-state index in [9.17, 15) is 0 Å². The van der Waals surface area contributed by atoms with Crippen molar-refractivity contribution in [2.24, 2.45) is 0 Å². The van der Waals surface area contributed by atoms with E-state index in [1.807, 2.05) is 36.7 Å². The largest absolute Gasteiger partial charge is 0.354 e. The number of nitrogens with zero attached hydrogens (tertiary/aromatic N) is 7. The first-order valence-electron chi connectivity index (χ1n) is 8.58. The summed E-state index contributed by atoms with van der Waals surface area (Å²) in [5, 5.41) is 4.23. The Bertz CT molecular complexity index is 780. The van der Waals surface area contributed by atoms with Crippen LogP contribution in [0.1, 0.15) is 5.69 Å². The van der Waals surface area contributed by atoms with Gasteiger partial charge in [-0.25, -0.2) is 14.6 Å². The van der Waals surface area contributed by atoms with E-state index in [-0.39, 0.29) is 0 Å². The molecule has 0 unspecified atom stereocenters. The highest BCUT2D eigenvalue weighted by Gasteiger charge is 2.18. The van der Waals surface area contributed by atoms with Gasteiger partial charge in [0.2, 0.25) is 0 Å². The normalized spacial score (nSPS) is 15.4. The number of rotatable bonds is 5. The lowest BCUT2D eigenvalue weighted by Gasteiger charge is -2.35. The maximum atomic E-state index is 4.44. The maximum absolute atomic E-state index is 4.44. The molecule has 0 atom stereocenters. The molecular weight excluding hydrogens is 314 g/mol. The zero-order valence-corrected chi connectivity index (χ0v) is 14.1. The summed E-state index contributed by atoms with van der Waals surface area (Å²) in [4.78, 5) is 17.9. The molecule has 0 spiro atoms. The predicted octanol–water partition coefficient (Wildman–Crippen LogP) is 1.42. The molecule has 0 aromatic carbocycles. The van der Waals surface area contributed by atoms with Gasteiger partial charge in [0, 0.05) is 69.5 Å². The fraction of sp³-hybridized carbons (Fsp3) is 0.333. The first-order chi connectivity index (χ1) is 12.4. The molecule has 7 nitrogen and oxygen atoms in total. The average Bonchev–Trinajstić information content (AvgIpc) is 3.23. The van der Waals surface area contributed by atoms with Crippen molar-refractivity contribution in [1.82, 2.24) is 29.6 Å². The number of pyridine rings is 1. The van der Waals surface area contributed by atoms with Crippen molar-refractivity contribution in [3.05, 3.63) is 60.9 Å². The van der Waals surface area contributed by atoms with Crippen LogP contribution in [0.2, 0.25) is 0 Å². The lowest BCUT2D eigenvalue weighted by atomic mass is 10.2. The summed E-state index contributed by atoms with van der Waals surface area (Å²) in [7, 11) is 0. The summed E-state index contributed by atoms with van der Waals surface area (Å²) >= 11 is 0. The van der Waals surface area contributed by atoms with Crippen molar-refractivity contribution in [2.75, 3.05) is 37.6 Å². The molecule has 1 fully saturated rings. The fourth-order valence-corrected chi connectivity index (χ4v) is 3.06. The highest BCUT2D eigenvalue weighted by Crippen LogP contribution is 2.15. The van der Waals surface area contributed by atoms with E-state index in [4.69, 9.17) is 0 Å². The van der Waals surface area contributed by atoms with Gasteiger partial charge in [-0.2, -0.15) is 5.10 Å². The Morgan fingerprint density at radius 3 is 2.52 bits per heavy atom. The molecule has 0 aliphatic carbocycles. The van der Waals surface area contributed by atoms with Crippen molar-refractivity contribution in [3.63, 3.8) is 0 Å². The van der Waals surface area contributed by atoms with Crippen LogP contribution >= 0.6 is 0 Å². The van der Waals surface area contributed by atoms with Crippen molar-refractivity contribution in [2.45, 2.75) is 6.42 Å². The average molecular weight is 335 g/mol. The van der Waals surface area contributed by atoms with Gasteiger partial charge in [0.05, 0.1) is 0 Å². The molecule has 7 heteroatoms. The summed E-state index contributed by atoms with van der Waals surface area (Å²) in [6.45, 7) is 5.06. The van der Waals surface area contributed by atoms with Gasteiger partial charge in [-0.15, -0.1) is 0 Å². The number of piperazine rings is 1. The van der Waals surface area contributed by atoms with Crippen LogP contribution in [0, 0.1) is 0 Å². The molecule has 25 heavy (non-hydrogen) atoms. The van der Waals surface area contributed by atoms with Crippen molar-refractivity contribution in [1.29, 1.82) is 0 Å². The van der Waals surface area contributed by atoms with Gasteiger partial charge in [-0.3, -0.25) is 9.88 Å². The molecule has 0 N–H and O–H groups in total. The zero-order valence-electron chi connectivity index (χ0n) is 14.1.